The average Bonchev–Trinajstić information content (AvgIpc) is 2.22. The minimum atomic E-state index is -0.828. The van der Waals surface area contributed by atoms with Crippen molar-refractivity contribution >= 4 is 5.97 Å². The molecule has 15 heavy (non-hydrogen) atoms. The van der Waals surface area contributed by atoms with Gasteiger partial charge in [0.15, 0.2) is 0 Å². The zero-order chi connectivity index (χ0) is 11.7. The first-order valence-corrected chi connectivity index (χ1v) is 6.34. The maximum Gasteiger partial charge on any atom is 0.361 e. The third-order valence-corrected chi connectivity index (χ3v) is 3.18. The summed E-state index contributed by atoms with van der Waals surface area (Å²) in [5.41, 5.74) is -0.541. The minimum Gasteiger partial charge on any atom is -0.247 e. The second-order valence-electron chi connectivity index (χ2n) is 4.52. The van der Waals surface area contributed by atoms with Crippen LogP contribution in [0.4, 0.5) is 0 Å². The van der Waals surface area contributed by atoms with Gasteiger partial charge in [0.05, 0.1) is 5.41 Å². The highest BCUT2D eigenvalue weighted by molar-refractivity contribution is 5.74. The van der Waals surface area contributed by atoms with E-state index in [9.17, 15) is 9.90 Å². The summed E-state index contributed by atoms with van der Waals surface area (Å²) in [7, 11) is 0. The largest absolute Gasteiger partial charge is 0.361 e. The lowest BCUT2D eigenvalue weighted by molar-refractivity contribution is -0.157. The molecule has 0 saturated carbocycles. The van der Waals surface area contributed by atoms with Crippen molar-refractivity contribution in [3.05, 3.63) is 0 Å². The van der Waals surface area contributed by atoms with Gasteiger partial charge in [-0.05, 0) is 19.3 Å². The Morgan fingerprint density at radius 1 is 0.867 bits per heavy atom. The van der Waals surface area contributed by atoms with Crippen molar-refractivity contribution < 1.29 is 9.90 Å². The Labute approximate surface area is 94.1 Å². The van der Waals surface area contributed by atoms with E-state index in [4.69, 9.17) is 0 Å². The Morgan fingerprint density at radius 3 is 1.60 bits per heavy atom. The molecule has 0 atom stereocenters. The van der Waals surface area contributed by atoms with Crippen molar-refractivity contribution in [2.75, 3.05) is 0 Å². The van der Waals surface area contributed by atoms with E-state index in [1.165, 1.54) is 0 Å². The molecule has 2 nitrogen and oxygen atoms in total. The predicted octanol–water partition coefficient (Wildman–Crippen LogP) is 4.11. The molecule has 0 aliphatic rings. The fraction of sp³-hybridized carbons (Fsp3) is 0.923. The van der Waals surface area contributed by atoms with Crippen molar-refractivity contribution in [2.24, 2.45) is 5.41 Å². The highest BCUT2D eigenvalue weighted by atomic mass is 16.4. The van der Waals surface area contributed by atoms with Gasteiger partial charge in [0.2, 0.25) is 0 Å². The van der Waals surface area contributed by atoms with Crippen LogP contribution in [0.15, 0.2) is 0 Å². The lowest BCUT2D eigenvalue weighted by atomic mass is 9.75. The molecule has 0 amide bonds. The normalized spacial score (nSPS) is 11.7. The van der Waals surface area contributed by atoms with Crippen LogP contribution in [0.5, 0.6) is 0 Å². The molecule has 0 bridgehead atoms. The first-order valence-electron chi connectivity index (χ1n) is 6.34. The van der Waals surface area contributed by atoms with Crippen molar-refractivity contribution in [3.63, 3.8) is 0 Å². The second-order valence-corrected chi connectivity index (χ2v) is 4.52. The van der Waals surface area contributed by atoms with Gasteiger partial charge in [-0.2, -0.15) is 0 Å². The molecular formula is C13H25O2. The molecule has 0 aromatic heterocycles. The van der Waals surface area contributed by atoms with Gasteiger partial charge >= 0.3 is 5.97 Å². The van der Waals surface area contributed by atoms with E-state index in [1.807, 2.05) is 0 Å². The quantitative estimate of drug-likeness (QED) is 0.568. The first kappa shape index (κ1) is 14.5. The van der Waals surface area contributed by atoms with Crippen LogP contribution in [-0.2, 0) is 9.90 Å². The maximum atomic E-state index is 11.3. The second kappa shape index (κ2) is 7.72. The van der Waals surface area contributed by atoms with Gasteiger partial charge in [0.25, 0.3) is 0 Å². The Bertz CT molecular complexity index is 167. The lowest BCUT2D eigenvalue weighted by Crippen LogP contribution is -2.30. The number of carbonyl (C=O) groups excluding carboxylic acids is 1. The highest BCUT2D eigenvalue weighted by Crippen LogP contribution is 2.36. The molecule has 0 unspecified atom stereocenters. The highest BCUT2D eigenvalue weighted by Gasteiger charge is 2.37. The number of hydrogen-bond acceptors (Lipinski definition) is 1. The van der Waals surface area contributed by atoms with Gasteiger partial charge in [-0.1, -0.05) is 52.9 Å². The van der Waals surface area contributed by atoms with Crippen molar-refractivity contribution in [1.29, 1.82) is 0 Å². The van der Waals surface area contributed by atoms with E-state index < -0.39 is 11.4 Å². The molecule has 0 aromatic rings. The summed E-state index contributed by atoms with van der Waals surface area (Å²) in [6.45, 7) is 6.26. The summed E-state index contributed by atoms with van der Waals surface area (Å²) in [5, 5.41) is 11.3. The van der Waals surface area contributed by atoms with Crippen LogP contribution < -0.4 is 0 Å². The van der Waals surface area contributed by atoms with Crippen molar-refractivity contribution in [1.82, 2.24) is 0 Å². The molecule has 0 aliphatic heterocycles. The molecule has 0 fully saturated rings. The van der Waals surface area contributed by atoms with Gasteiger partial charge in [-0.3, -0.25) is 0 Å². The first-order chi connectivity index (χ1) is 7.13. The Hall–Kier alpha value is -0.530. The van der Waals surface area contributed by atoms with Crippen molar-refractivity contribution in [3.8, 4) is 0 Å². The third-order valence-electron chi connectivity index (χ3n) is 3.18. The van der Waals surface area contributed by atoms with Gasteiger partial charge < -0.3 is 0 Å². The van der Waals surface area contributed by atoms with Gasteiger partial charge in [-0.15, -0.1) is 0 Å². The molecule has 0 spiro atoms. The summed E-state index contributed by atoms with van der Waals surface area (Å²) in [4.78, 5) is 11.3. The van der Waals surface area contributed by atoms with Crippen molar-refractivity contribution in [2.45, 2.75) is 72.1 Å². The molecular weight excluding hydrogens is 188 g/mol. The third kappa shape index (κ3) is 4.67. The van der Waals surface area contributed by atoms with E-state index in [-0.39, 0.29) is 0 Å². The number of unbranched alkanes of at least 4 members (excludes halogenated alkanes) is 2. The standard InChI is InChI=1S/C13H25O2/c1-4-7-10-13(9-6-3,12(14)15)11-8-5-2/h4-11H2,1-3H3. The van der Waals surface area contributed by atoms with E-state index >= 15 is 0 Å². The molecule has 0 aliphatic carbocycles. The Morgan fingerprint density at radius 2 is 1.33 bits per heavy atom. The molecule has 0 N–H and O–H groups in total. The fourth-order valence-electron chi connectivity index (χ4n) is 2.19. The topological polar surface area (TPSA) is 37.0 Å². The molecule has 0 rings (SSSR count). The molecule has 1 radical (unpaired) electrons. The lowest BCUT2D eigenvalue weighted by Gasteiger charge is -2.27. The van der Waals surface area contributed by atoms with Gasteiger partial charge in [0.1, 0.15) is 0 Å². The van der Waals surface area contributed by atoms with E-state index in [1.54, 1.807) is 0 Å². The van der Waals surface area contributed by atoms with Crippen LogP contribution >= 0.6 is 0 Å². The summed E-state index contributed by atoms with van der Waals surface area (Å²) >= 11 is 0. The zero-order valence-corrected chi connectivity index (χ0v) is 10.5. The van der Waals surface area contributed by atoms with Crippen LogP contribution in [0.25, 0.3) is 0 Å². The van der Waals surface area contributed by atoms with E-state index in [0.29, 0.717) is 0 Å². The molecule has 0 heterocycles. The van der Waals surface area contributed by atoms with Crippen LogP contribution in [0, 0.1) is 5.41 Å². The van der Waals surface area contributed by atoms with E-state index in [2.05, 4.69) is 20.8 Å². The van der Waals surface area contributed by atoms with Gasteiger partial charge in [0, 0.05) is 0 Å². The Balaban J connectivity index is 4.48. The predicted molar refractivity (Wildman–Crippen MR) is 62.1 cm³/mol. The van der Waals surface area contributed by atoms with E-state index in [0.717, 1.165) is 51.4 Å². The molecule has 89 valence electrons. The number of carbonyl (C=O) groups is 1. The summed E-state index contributed by atoms with van der Waals surface area (Å²) in [5.74, 6) is -0.828. The van der Waals surface area contributed by atoms with Gasteiger partial charge in [-0.25, -0.2) is 9.90 Å². The molecule has 0 aromatic carbocycles. The van der Waals surface area contributed by atoms with Crippen LogP contribution in [-0.4, -0.2) is 5.97 Å². The molecule has 2 heteroatoms. The number of rotatable bonds is 9. The minimum absolute atomic E-state index is 0.541. The number of hydrogen-bond donors (Lipinski definition) is 0. The zero-order valence-electron chi connectivity index (χ0n) is 10.5. The Kier molecular flexibility index (Phi) is 7.45. The van der Waals surface area contributed by atoms with Crippen LogP contribution in [0.1, 0.15) is 72.1 Å². The smallest absolute Gasteiger partial charge is 0.247 e. The maximum absolute atomic E-state index is 11.3. The summed E-state index contributed by atoms with van der Waals surface area (Å²) < 4.78 is 0. The molecule has 0 saturated heterocycles. The fourth-order valence-corrected chi connectivity index (χ4v) is 2.19. The van der Waals surface area contributed by atoms with Crippen LogP contribution in [0.2, 0.25) is 0 Å². The van der Waals surface area contributed by atoms with Crippen LogP contribution in [0.3, 0.4) is 0 Å². The summed E-state index contributed by atoms with van der Waals surface area (Å²) in [6.07, 6.45) is 7.40. The average molecular weight is 213 g/mol. The summed E-state index contributed by atoms with van der Waals surface area (Å²) in [6, 6.07) is 0. The SMILES string of the molecule is CCCCC(CCC)(CCCC)C([O])=O. The monoisotopic (exact) mass is 213 g/mol.